The predicted octanol–water partition coefficient (Wildman–Crippen LogP) is 1.31. The van der Waals surface area contributed by atoms with Gasteiger partial charge in [0.25, 0.3) is 0 Å². The van der Waals surface area contributed by atoms with E-state index in [1.54, 1.807) is 13.0 Å². The van der Waals surface area contributed by atoms with Gasteiger partial charge in [-0.25, -0.2) is 0 Å². The first kappa shape index (κ1) is 10.9. The van der Waals surface area contributed by atoms with Crippen LogP contribution in [0.25, 0.3) is 0 Å². The maximum absolute atomic E-state index is 10.7. The van der Waals surface area contributed by atoms with Crippen LogP contribution in [-0.2, 0) is 11.2 Å². The van der Waals surface area contributed by atoms with Crippen LogP contribution < -0.4 is 0 Å². The van der Waals surface area contributed by atoms with E-state index in [-0.39, 0.29) is 17.5 Å². The average molecular weight is 203 g/mol. The normalized spacial score (nSPS) is 9.33. The van der Waals surface area contributed by atoms with E-state index >= 15 is 0 Å². The first-order valence-corrected chi connectivity index (χ1v) is 4.29. The summed E-state index contributed by atoms with van der Waals surface area (Å²) in [6, 6.07) is 5.08. The summed E-state index contributed by atoms with van der Waals surface area (Å²) in [6.45, 7) is 1.71. The van der Waals surface area contributed by atoms with E-state index < -0.39 is 5.97 Å². The Kier molecular flexibility index (Phi) is 3.19. The Hall–Kier alpha value is -2.15. The third kappa shape index (κ3) is 2.20. The van der Waals surface area contributed by atoms with Crippen LogP contribution in [0.15, 0.2) is 12.1 Å². The van der Waals surface area contributed by atoms with Gasteiger partial charge in [-0.3, -0.25) is 9.59 Å². The van der Waals surface area contributed by atoms with E-state index in [9.17, 15) is 9.59 Å². The van der Waals surface area contributed by atoms with Crippen molar-refractivity contribution in [3.63, 3.8) is 0 Å². The largest absolute Gasteiger partial charge is 0.481 e. The average Bonchev–Trinajstić information content (AvgIpc) is 2.18. The number of aldehydes is 1. The standard InChI is InChI=1S/C11H9NO3/c1-7-2-3-8(6-13)9(4-11(14)15)10(7)5-12/h2-3,6H,4H2,1H3,(H,14,15). The van der Waals surface area contributed by atoms with Gasteiger partial charge in [0.1, 0.15) is 6.29 Å². The molecule has 0 saturated heterocycles. The first-order chi connectivity index (χ1) is 7.10. The molecule has 0 spiro atoms. The zero-order chi connectivity index (χ0) is 11.4. The second-order valence-electron chi connectivity index (χ2n) is 3.13. The summed E-state index contributed by atoms with van der Waals surface area (Å²) in [7, 11) is 0. The number of aliphatic carboxylic acids is 1. The number of rotatable bonds is 3. The van der Waals surface area contributed by atoms with E-state index in [0.29, 0.717) is 17.4 Å². The highest BCUT2D eigenvalue weighted by Crippen LogP contribution is 2.17. The fourth-order valence-electron chi connectivity index (χ4n) is 1.39. The van der Waals surface area contributed by atoms with Gasteiger partial charge in [0, 0.05) is 5.56 Å². The topological polar surface area (TPSA) is 78.2 Å². The third-order valence-electron chi connectivity index (χ3n) is 2.12. The lowest BCUT2D eigenvalue weighted by Gasteiger charge is -2.06. The number of nitriles is 1. The molecule has 0 amide bonds. The summed E-state index contributed by atoms with van der Waals surface area (Å²) in [6.07, 6.45) is 0.261. The molecule has 0 saturated carbocycles. The first-order valence-electron chi connectivity index (χ1n) is 4.29. The van der Waals surface area contributed by atoms with Crippen molar-refractivity contribution in [1.29, 1.82) is 5.26 Å². The van der Waals surface area contributed by atoms with Crippen molar-refractivity contribution < 1.29 is 14.7 Å². The van der Waals surface area contributed by atoms with Gasteiger partial charge in [0.2, 0.25) is 0 Å². The number of hydrogen-bond donors (Lipinski definition) is 1. The molecule has 0 aromatic heterocycles. The van der Waals surface area contributed by atoms with Crippen LogP contribution in [0.5, 0.6) is 0 Å². The van der Waals surface area contributed by atoms with E-state index in [2.05, 4.69) is 0 Å². The molecule has 0 atom stereocenters. The summed E-state index contributed by atoms with van der Waals surface area (Å²) < 4.78 is 0. The summed E-state index contributed by atoms with van der Waals surface area (Å²) in [5, 5.41) is 17.5. The number of benzene rings is 1. The Labute approximate surface area is 86.8 Å². The number of carbonyl (C=O) groups excluding carboxylic acids is 1. The van der Waals surface area contributed by atoms with Gasteiger partial charge >= 0.3 is 5.97 Å². The molecule has 4 nitrogen and oxygen atoms in total. The minimum Gasteiger partial charge on any atom is -0.481 e. The van der Waals surface area contributed by atoms with Crippen LogP contribution in [-0.4, -0.2) is 17.4 Å². The number of aryl methyl sites for hydroxylation is 1. The zero-order valence-electron chi connectivity index (χ0n) is 8.15. The number of carboxylic acids is 1. The summed E-state index contributed by atoms with van der Waals surface area (Å²) >= 11 is 0. The number of hydrogen-bond acceptors (Lipinski definition) is 3. The molecule has 0 radical (unpaired) electrons. The van der Waals surface area contributed by atoms with Gasteiger partial charge in [-0.15, -0.1) is 0 Å². The smallest absolute Gasteiger partial charge is 0.307 e. The van der Waals surface area contributed by atoms with Crippen molar-refractivity contribution >= 4 is 12.3 Å². The van der Waals surface area contributed by atoms with Crippen LogP contribution in [0.2, 0.25) is 0 Å². The van der Waals surface area contributed by atoms with Crippen molar-refractivity contribution in [1.82, 2.24) is 0 Å². The van der Waals surface area contributed by atoms with Crippen molar-refractivity contribution in [2.75, 3.05) is 0 Å². The lowest BCUT2D eigenvalue weighted by Crippen LogP contribution is -2.07. The van der Waals surface area contributed by atoms with E-state index in [0.717, 1.165) is 0 Å². The molecule has 0 unspecified atom stereocenters. The maximum atomic E-state index is 10.7. The highest BCUT2D eigenvalue weighted by atomic mass is 16.4. The SMILES string of the molecule is Cc1ccc(C=O)c(CC(=O)O)c1C#N. The summed E-state index contributed by atoms with van der Waals surface area (Å²) in [4.78, 5) is 21.3. The van der Waals surface area contributed by atoms with Crippen LogP contribution in [0.3, 0.4) is 0 Å². The molecule has 0 aliphatic heterocycles. The van der Waals surface area contributed by atoms with Crippen LogP contribution >= 0.6 is 0 Å². The molecule has 15 heavy (non-hydrogen) atoms. The molecular weight excluding hydrogens is 194 g/mol. The second kappa shape index (κ2) is 4.38. The monoisotopic (exact) mass is 203 g/mol. The molecule has 1 aromatic rings. The molecule has 76 valence electrons. The van der Waals surface area contributed by atoms with Crippen molar-refractivity contribution in [2.24, 2.45) is 0 Å². The molecular formula is C11H9NO3. The molecule has 1 N–H and O–H groups in total. The van der Waals surface area contributed by atoms with Gasteiger partial charge in [0.15, 0.2) is 0 Å². The molecule has 0 aliphatic carbocycles. The summed E-state index contributed by atoms with van der Waals surface area (Å²) in [5.74, 6) is -1.06. The van der Waals surface area contributed by atoms with E-state index in [4.69, 9.17) is 10.4 Å². The lowest BCUT2D eigenvalue weighted by molar-refractivity contribution is -0.136. The quantitative estimate of drug-likeness (QED) is 0.751. The Morgan fingerprint density at radius 3 is 2.73 bits per heavy atom. The minimum absolute atomic E-state index is 0.263. The molecule has 1 rings (SSSR count). The van der Waals surface area contributed by atoms with Crippen LogP contribution in [0, 0.1) is 18.3 Å². The Balaban J connectivity index is 3.41. The van der Waals surface area contributed by atoms with Gasteiger partial charge in [-0.05, 0) is 18.1 Å². The lowest BCUT2D eigenvalue weighted by atomic mass is 9.96. The van der Waals surface area contributed by atoms with Gasteiger partial charge in [-0.2, -0.15) is 5.26 Å². The highest BCUT2D eigenvalue weighted by Gasteiger charge is 2.13. The van der Waals surface area contributed by atoms with Gasteiger partial charge in [0.05, 0.1) is 18.1 Å². The van der Waals surface area contributed by atoms with E-state index in [1.807, 2.05) is 6.07 Å². The molecule has 0 heterocycles. The van der Waals surface area contributed by atoms with Gasteiger partial charge < -0.3 is 5.11 Å². The zero-order valence-corrected chi connectivity index (χ0v) is 8.15. The molecule has 0 fully saturated rings. The Morgan fingerprint density at radius 1 is 1.60 bits per heavy atom. The fraction of sp³-hybridized carbons (Fsp3) is 0.182. The Bertz CT molecular complexity index is 458. The Morgan fingerprint density at radius 2 is 2.27 bits per heavy atom. The van der Waals surface area contributed by atoms with Gasteiger partial charge in [-0.1, -0.05) is 12.1 Å². The van der Waals surface area contributed by atoms with Crippen LogP contribution in [0.4, 0.5) is 0 Å². The third-order valence-corrected chi connectivity index (χ3v) is 2.12. The van der Waals surface area contributed by atoms with Crippen molar-refractivity contribution in [3.05, 3.63) is 34.4 Å². The molecule has 0 aliphatic rings. The predicted molar refractivity (Wildman–Crippen MR) is 52.6 cm³/mol. The van der Waals surface area contributed by atoms with Crippen molar-refractivity contribution in [3.8, 4) is 6.07 Å². The van der Waals surface area contributed by atoms with E-state index in [1.165, 1.54) is 6.07 Å². The number of carbonyl (C=O) groups is 2. The number of carboxylic acid groups (broad SMARTS) is 1. The maximum Gasteiger partial charge on any atom is 0.307 e. The van der Waals surface area contributed by atoms with Crippen molar-refractivity contribution in [2.45, 2.75) is 13.3 Å². The fourth-order valence-corrected chi connectivity index (χ4v) is 1.39. The molecule has 0 bridgehead atoms. The molecule has 1 aromatic carbocycles. The highest BCUT2D eigenvalue weighted by molar-refractivity contribution is 5.83. The number of nitrogens with zero attached hydrogens (tertiary/aromatic N) is 1. The summed E-state index contributed by atoms with van der Waals surface area (Å²) in [5.41, 5.74) is 1.51. The van der Waals surface area contributed by atoms with Crippen LogP contribution in [0.1, 0.15) is 27.0 Å². The molecule has 4 heteroatoms. The second-order valence-corrected chi connectivity index (χ2v) is 3.13. The minimum atomic E-state index is -1.06.